The summed E-state index contributed by atoms with van der Waals surface area (Å²) in [4.78, 5) is 37.3. The number of hydrogen-bond acceptors (Lipinski definition) is 3. The molecular formula is C18H26N2O4. The third-order valence-corrected chi connectivity index (χ3v) is 3.66. The molecule has 0 aliphatic rings. The van der Waals surface area contributed by atoms with Crippen LogP contribution in [0.15, 0.2) is 24.3 Å². The number of carboxylic acid groups (broad SMARTS) is 1. The number of nitrogens with one attached hydrogen (secondary N) is 1. The van der Waals surface area contributed by atoms with Crippen LogP contribution in [0.1, 0.15) is 43.1 Å². The monoisotopic (exact) mass is 334 g/mol. The maximum atomic E-state index is 12.7. The van der Waals surface area contributed by atoms with E-state index in [0.29, 0.717) is 18.5 Å². The molecule has 0 saturated carbocycles. The normalized spacial score (nSPS) is 11.9. The van der Waals surface area contributed by atoms with Gasteiger partial charge >= 0.3 is 5.97 Å². The summed E-state index contributed by atoms with van der Waals surface area (Å²) in [6.07, 6.45) is 0.649. The van der Waals surface area contributed by atoms with Crippen LogP contribution < -0.4 is 5.32 Å². The van der Waals surface area contributed by atoms with E-state index in [1.54, 1.807) is 12.1 Å². The molecule has 132 valence electrons. The Labute approximate surface area is 142 Å². The second kappa shape index (κ2) is 9.05. The Morgan fingerprint density at radius 3 is 2.21 bits per heavy atom. The Balaban J connectivity index is 2.91. The van der Waals surface area contributed by atoms with Crippen LogP contribution >= 0.6 is 0 Å². The molecule has 0 saturated heterocycles. The van der Waals surface area contributed by atoms with Gasteiger partial charge in [0.25, 0.3) is 5.91 Å². The van der Waals surface area contributed by atoms with Gasteiger partial charge in [-0.3, -0.25) is 14.4 Å². The number of hydrogen-bond donors (Lipinski definition) is 2. The zero-order chi connectivity index (χ0) is 18.3. The van der Waals surface area contributed by atoms with E-state index in [9.17, 15) is 14.4 Å². The summed E-state index contributed by atoms with van der Waals surface area (Å²) in [6, 6.07) is 6.30. The zero-order valence-electron chi connectivity index (χ0n) is 14.7. The van der Waals surface area contributed by atoms with Gasteiger partial charge in [-0.05, 0) is 31.4 Å². The summed E-state index contributed by atoms with van der Waals surface area (Å²) >= 11 is 0. The van der Waals surface area contributed by atoms with Crippen molar-refractivity contribution < 1.29 is 19.5 Å². The van der Waals surface area contributed by atoms with E-state index in [-0.39, 0.29) is 24.3 Å². The van der Waals surface area contributed by atoms with E-state index in [4.69, 9.17) is 5.11 Å². The zero-order valence-corrected chi connectivity index (χ0v) is 14.7. The van der Waals surface area contributed by atoms with Gasteiger partial charge in [0.05, 0.1) is 0 Å². The molecule has 0 heterocycles. The molecule has 0 fully saturated rings. The number of carboxylic acids is 1. The first-order chi connectivity index (χ1) is 11.3. The Morgan fingerprint density at radius 2 is 1.75 bits per heavy atom. The van der Waals surface area contributed by atoms with Crippen LogP contribution in [-0.4, -0.2) is 46.9 Å². The van der Waals surface area contributed by atoms with Crippen molar-refractivity contribution >= 4 is 17.8 Å². The van der Waals surface area contributed by atoms with E-state index in [2.05, 4.69) is 5.32 Å². The van der Waals surface area contributed by atoms with Gasteiger partial charge in [-0.1, -0.05) is 38.5 Å². The maximum absolute atomic E-state index is 12.7. The lowest BCUT2D eigenvalue weighted by Crippen LogP contribution is -2.52. The van der Waals surface area contributed by atoms with E-state index in [1.807, 2.05) is 39.8 Å². The third kappa shape index (κ3) is 5.68. The highest BCUT2D eigenvalue weighted by atomic mass is 16.4. The molecule has 1 rings (SSSR count). The molecular weight excluding hydrogens is 308 g/mol. The van der Waals surface area contributed by atoms with Crippen molar-refractivity contribution in [1.29, 1.82) is 0 Å². The average molecular weight is 334 g/mol. The highest BCUT2D eigenvalue weighted by Crippen LogP contribution is 2.10. The van der Waals surface area contributed by atoms with Crippen molar-refractivity contribution in [1.82, 2.24) is 10.2 Å². The summed E-state index contributed by atoms with van der Waals surface area (Å²) in [5, 5.41) is 11.7. The number of aryl methyl sites for hydroxylation is 1. The second-order valence-corrected chi connectivity index (χ2v) is 6.21. The molecule has 2 N–H and O–H groups in total. The first-order valence-electron chi connectivity index (χ1n) is 8.14. The van der Waals surface area contributed by atoms with Crippen molar-refractivity contribution in [3.63, 3.8) is 0 Å². The Kier molecular flexibility index (Phi) is 7.42. The lowest BCUT2D eigenvalue weighted by molar-refractivity contribution is -0.145. The van der Waals surface area contributed by atoms with Gasteiger partial charge in [0.15, 0.2) is 0 Å². The SMILES string of the molecule is CCCN(CC(=O)O)C(=O)C(NC(=O)c1ccc(C)cc1)C(C)C. The minimum absolute atomic E-state index is 0.153. The highest BCUT2D eigenvalue weighted by molar-refractivity contribution is 5.98. The first-order valence-corrected chi connectivity index (χ1v) is 8.14. The van der Waals surface area contributed by atoms with Gasteiger partial charge < -0.3 is 15.3 Å². The number of benzene rings is 1. The van der Waals surface area contributed by atoms with Crippen LogP contribution in [0.3, 0.4) is 0 Å². The third-order valence-electron chi connectivity index (χ3n) is 3.66. The van der Waals surface area contributed by atoms with E-state index >= 15 is 0 Å². The van der Waals surface area contributed by atoms with Gasteiger partial charge in [0.1, 0.15) is 12.6 Å². The number of carbonyl (C=O) groups excluding carboxylic acids is 2. The molecule has 1 unspecified atom stereocenters. The molecule has 0 spiro atoms. The number of rotatable bonds is 8. The van der Waals surface area contributed by atoms with Crippen molar-refractivity contribution in [3.05, 3.63) is 35.4 Å². The number of aliphatic carboxylic acids is 1. The molecule has 1 aromatic rings. The van der Waals surface area contributed by atoms with Crippen molar-refractivity contribution in [3.8, 4) is 0 Å². The van der Waals surface area contributed by atoms with Crippen LogP contribution in [0, 0.1) is 12.8 Å². The molecule has 0 aliphatic heterocycles. The summed E-state index contributed by atoms with van der Waals surface area (Å²) in [6.45, 7) is 7.42. The molecule has 6 nitrogen and oxygen atoms in total. The van der Waals surface area contributed by atoms with Crippen LogP contribution in [0.5, 0.6) is 0 Å². The molecule has 0 aromatic heterocycles. The summed E-state index contributed by atoms with van der Waals surface area (Å²) in [5.41, 5.74) is 1.51. The summed E-state index contributed by atoms with van der Waals surface area (Å²) in [7, 11) is 0. The molecule has 0 bridgehead atoms. The fourth-order valence-electron chi connectivity index (χ4n) is 2.34. The molecule has 1 atom stereocenters. The van der Waals surface area contributed by atoms with Crippen LogP contribution in [0.2, 0.25) is 0 Å². The number of nitrogens with zero attached hydrogens (tertiary/aromatic N) is 1. The smallest absolute Gasteiger partial charge is 0.323 e. The standard InChI is InChI=1S/C18H26N2O4/c1-5-10-20(11-15(21)22)18(24)16(12(2)3)19-17(23)14-8-6-13(4)7-9-14/h6-9,12,16H,5,10-11H2,1-4H3,(H,19,23)(H,21,22). The first kappa shape index (κ1) is 19.7. The van der Waals surface area contributed by atoms with Crippen LogP contribution in [-0.2, 0) is 9.59 Å². The Bertz CT molecular complexity index is 581. The van der Waals surface area contributed by atoms with E-state index in [1.165, 1.54) is 4.90 Å². The molecule has 1 aromatic carbocycles. The average Bonchev–Trinajstić information content (AvgIpc) is 2.51. The molecule has 24 heavy (non-hydrogen) atoms. The molecule has 6 heteroatoms. The lowest BCUT2D eigenvalue weighted by atomic mass is 10.0. The summed E-state index contributed by atoms with van der Waals surface area (Å²) in [5.74, 6) is -1.92. The quantitative estimate of drug-likeness (QED) is 0.762. The van der Waals surface area contributed by atoms with E-state index in [0.717, 1.165) is 5.56 Å². The fraction of sp³-hybridized carbons (Fsp3) is 0.500. The largest absolute Gasteiger partial charge is 0.480 e. The van der Waals surface area contributed by atoms with Gasteiger partial charge in [0.2, 0.25) is 5.91 Å². The number of carbonyl (C=O) groups is 3. The van der Waals surface area contributed by atoms with Gasteiger partial charge in [-0.25, -0.2) is 0 Å². The minimum Gasteiger partial charge on any atom is -0.480 e. The molecule has 0 radical (unpaired) electrons. The van der Waals surface area contributed by atoms with E-state index < -0.39 is 12.0 Å². The van der Waals surface area contributed by atoms with Gasteiger partial charge in [-0.15, -0.1) is 0 Å². The fourth-order valence-corrected chi connectivity index (χ4v) is 2.34. The lowest BCUT2D eigenvalue weighted by Gasteiger charge is -2.28. The predicted molar refractivity (Wildman–Crippen MR) is 91.8 cm³/mol. The van der Waals surface area contributed by atoms with Gasteiger partial charge in [0, 0.05) is 12.1 Å². The Hall–Kier alpha value is -2.37. The molecule has 2 amide bonds. The van der Waals surface area contributed by atoms with Crippen LogP contribution in [0.25, 0.3) is 0 Å². The predicted octanol–water partition coefficient (Wildman–Crippen LogP) is 2.07. The topological polar surface area (TPSA) is 86.7 Å². The van der Waals surface area contributed by atoms with Crippen molar-refractivity contribution in [2.45, 2.75) is 40.2 Å². The number of amides is 2. The van der Waals surface area contributed by atoms with Crippen molar-refractivity contribution in [2.75, 3.05) is 13.1 Å². The second-order valence-electron chi connectivity index (χ2n) is 6.21. The van der Waals surface area contributed by atoms with Crippen molar-refractivity contribution in [2.24, 2.45) is 5.92 Å². The van der Waals surface area contributed by atoms with Crippen LogP contribution in [0.4, 0.5) is 0 Å². The summed E-state index contributed by atoms with van der Waals surface area (Å²) < 4.78 is 0. The Morgan fingerprint density at radius 1 is 1.17 bits per heavy atom. The highest BCUT2D eigenvalue weighted by Gasteiger charge is 2.29. The van der Waals surface area contributed by atoms with Gasteiger partial charge in [-0.2, -0.15) is 0 Å². The molecule has 0 aliphatic carbocycles. The minimum atomic E-state index is -1.07. The maximum Gasteiger partial charge on any atom is 0.323 e.